The van der Waals surface area contributed by atoms with Gasteiger partial charge in [-0.05, 0) is 33.3 Å². The number of nitrogens with zero attached hydrogens (tertiary/aromatic N) is 2. The molecule has 13 heteroatoms. The molecule has 1 aliphatic rings. The van der Waals surface area contributed by atoms with Crippen LogP contribution >= 0.6 is 11.3 Å². The van der Waals surface area contributed by atoms with Crippen LogP contribution in [0.5, 0.6) is 0 Å². The fraction of sp³-hybridized carbons (Fsp3) is 0.667. The Kier molecular flexibility index (Phi) is 7.02. The predicted molar refractivity (Wildman–Crippen MR) is 117 cm³/mol. The molecule has 3 rings (SSSR count). The molecule has 0 unspecified atom stereocenters. The lowest BCUT2D eigenvalue weighted by Crippen LogP contribution is -2.49. The largest absolute Gasteiger partial charge is 0.459 e. The quantitative estimate of drug-likeness (QED) is 0.451. The van der Waals surface area contributed by atoms with Crippen molar-refractivity contribution in [2.45, 2.75) is 83.8 Å². The van der Waals surface area contributed by atoms with Crippen LogP contribution < -0.4 is 16.6 Å². The second-order valence-electron chi connectivity index (χ2n) is 9.41. The number of aromatic nitrogens is 2. The zero-order chi connectivity index (χ0) is 25.6. The Labute approximate surface area is 195 Å². The number of thiophene rings is 1. The first kappa shape index (κ1) is 26.3. The fourth-order valence-electron chi connectivity index (χ4n) is 3.80. The molecule has 0 amide bonds. The van der Waals surface area contributed by atoms with E-state index in [-0.39, 0.29) is 23.3 Å². The SMILES string of the molecule is Cc1c(CNCC(=O)OC(C)(C)C)sc2c1c(=O)n(C1CC(F)(F)C1)c(=O)n2CCC(F)(F)F. The van der Waals surface area contributed by atoms with Gasteiger partial charge in [0, 0.05) is 30.8 Å². The van der Waals surface area contributed by atoms with E-state index in [0.717, 1.165) is 15.9 Å². The van der Waals surface area contributed by atoms with Crippen LogP contribution in [0, 0.1) is 6.92 Å². The van der Waals surface area contributed by atoms with Gasteiger partial charge in [-0.1, -0.05) is 0 Å². The second-order valence-corrected chi connectivity index (χ2v) is 10.5. The van der Waals surface area contributed by atoms with Crippen LogP contribution in [-0.4, -0.2) is 39.3 Å². The van der Waals surface area contributed by atoms with E-state index in [2.05, 4.69) is 5.32 Å². The molecule has 0 radical (unpaired) electrons. The first-order chi connectivity index (χ1) is 15.5. The summed E-state index contributed by atoms with van der Waals surface area (Å²) in [5.41, 5.74) is -2.08. The lowest BCUT2D eigenvalue weighted by atomic mass is 9.88. The maximum atomic E-state index is 13.4. The Morgan fingerprint density at radius 1 is 1.21 bits per heavy atom. The minimum atomic E-state index is -4.56. The standard InChI is InChI=1S/C21H26F5N3O4S/c1-11-13(9-27-10-14(30)33-19(2,3)4)34-17-15(11)16(31)29(12-7-20(22,23)8-12)18(32)28(17)6-5-21(24,25)26/h12,27H,5-10H2,1-4H3. The third-order valence-electron chi connectivity index (χ3n) is 5.37. The predicted octanol–water partition coefficient (Wildman–Crippen LogP) is 3.89. The first-order valence-electron chi connectivity index (χ1n) is 10.6. The van der Waals surface area contributed by atoms with Gasteiger partial charge in [0.1, 0.15) is 10.4 Å². The van der Waals surface area contributed by atoms with Crippen molar-refractivity contribution in [1.29, 1.82) is 0 Å². The average molecular weight is 512 g/mol. The molecule has 1 fully saturated rings. The topological polar surface area (TPSA) is 82.3 Å². The molecule has 1 N–H and O–H groups in total. The molecule has 0 atom stereocenters. The summed E-state index contributed by atoms with van der Waals surface area (Å²) in [5, 5.41) is 2.89. The van der Waals surface area contributed by atoms with E-state index in [4.69, 9.17) is 4.74 Å². The number of carbonyl (C=O) groups excluding carboxylic acids is 1. The van der Waals surface area contributed by atoms with Crippen molar-refractivity contribution in [3.05, 3.63) is 31.3 Å². The molecule has 7 nitrogen and oxygen atoms in total. The summed E-state index contributed by atoms with van der Waals surface area (Å²) in [5.74, 6) is -3.54. The summed E-state index contributed by atoms with van der Waals surface area (Å²) >= 11 is 0.960. The van der Waals surface area contributed by atoms with Crippen molar-refractivity contribution in [3.63, 3.8) is 0 Å². The van der Waals surface area contributed by atoms with Crippen molar-refractivity contribution in [1.82, 2.24) is 14.5 Å². The van der Waals surface area contributed by atoms with Gasteiger partial charge < -0.3 is 10.1 Å². The number of ether oxygens (including phenoxy) is 1. The molecule has 1 saturated carbocycles. The zero-order valence-corrected chi connectivity index (χ0v) is 20.0. The Morgan fingerprint density at radius 2 is 1.82 bits per heavy atom. The number of rotatable bonds is 7. The summed E-state index contributed by atoms with van der Waals surface area (Å²) in [4.78, 5) is 38.6. The second kappa shape index (κ2) is 9.06. The van der Waals surface area contributed by atoms with Gasteiger partial charge in [0.25, 0.3) is 11.5 Å². The molecule has 0 aliphatic heterocycles. The van der Waals surface area contributed by atoms with Crippen LogP contribution in [0.2, 0.25) is 0 Å². The Bertz CT molecular complexity index is 1200. The van der Waals surface area contributed by atoms with Gasteiger partial charge in [-0.2, -0.15) is 13.2 Å². The number of esters is 1. The fourth-order valence-corrected chi connectivity index (χ4v) is 5.09. The Morgan fingerprint density at radius 3 is 2.35 bits per heavy atom. The maximum Gasteiger partial charge on any atom is 0.390 e. The first-order valence-corrected chi connectivity index (χ1v) is 11.5. The summed E-state index contributed by atoms with van der Waals surface area (Å²) in [6.07, 6.45) is -7.31. The number of hydrogen-bond acceptors (Lipinski definition) is 6. The van der Waals surface area contributed by atoms with Crippen molar-refractivity contribution in [2.24, 2.45) is 0 Å². The lowest BCUT2D eigenvalue weighted by Gasteiger charge is -2.35. The number of halogens is 5. The van der Waals surface area contributed by atoms with Crippen LogP contribution in [0.1, 0.15) is 56.5 Å². The molecule has 0 bridgehead atoms. The molecule has 2 heterocycles. The highest BCUT2D eigenvalue weighted by Crippen LogP contribution is 2.44. The molecule has 0 saturated heterocycles. The summed E-state index contributed by atoms with van der Waals surface area (Å²) < 4.78 is 72.3. The summed E-state index contributed by atoms with van der Waals surface area (Å²) in [7, 11) is 0. The molecule has 2 aromatic heterocycles. The van der Waals surface area contributed by atoms with Crippen LogP contribution in [0.3, 0.4) is 0 Å². The molecule has 0 spiro atoms. The van der Waals surface area contributed by atoms with Crippen LogP contribution in [-0.2, 0) is 22.6 Å². The highest BCUT2D eigenvalue weighted by Gasteiger charge is 2.47. The Balaban J connectivity index is 1.98. The van der Waals surface area contributed by atoms with Crippen LogP contribution in [0.4, 0.5) is 22.0 Å². The highest BCUT2D eigenvalue weighted by molar-refractivity contribution is 7.18. The van der Waals surface area contributed by atoms with Gasteiger partial charge in [-0.25, -0.2) is 13.6 Å². The number of nitrogens with one attached hydrogen (secondary N) is 1. The van der Waals surface area contributed by atoms with Gasteiger partial charge in [-0.15, -0.1) is 11.3 Å². The van der Waals surface area contributed by atoms with E-state index >= 15 is 0 Å². The molecule has 0 aromatic carbocycles. The Hall–Kier alpha value is -2.28. The molecule has 2 aromatic rings. The number of aryl methyl sites for hydroxylation is 2. The average Bonchev–Trinajstić information content (AvgIpc) is 2.94. The lowest BCUT2D eigenvalue weighted by molar-refractivity contribution is -0.153. The van der Waals surface area contributed by atoms with Gasteiger partial charge >= 0.3 is 17.8 Å². The maximum absolute atomic E-state index is 13.4. The van der Waals surface area contributed by atoms with Gasteiger partial charge in [0.2, 0.25) is 0 Å². The van der Waals surface area contributed by atoms with Crippen LogP contribution in [0.25, 0.3) is 10.2 Å². The van der Waals surface area contributed by atoms with Crippen molar-refractivity contribution in [2.75, 3.05) is 6.54 Å². The smallest absolute Gasteiger partial charge is 0.390 e. The summed E-state index contributed by atoms with van der Waals surface area (Å²) in [6, 6.07) is -1.08. The number of alkyl halides is 5. The summed E-state index contributed by atoms with van der Waals surface area (Å²) in [6.45, 7) is 5.92. The van der Waals surface area contributed by atoms with E-state index in [1.54, 1.807) is 27.7 Å². The minimum Gasteiger partial charge on any atom is -0.459 e. The van der Waals surface area contributed by atoms with E-state index in [1.807, 2.05) is 0 Å². The third kappa shape index (κ3) is 5.85. The van der Waals surface area contributed by atoms with Crippen molar-refractivity contribution >= 4 is 27.5 Å². The van der Waals surface area contributed by atoms with Crippen LogP contribution in [0.15, 0.2) is 9.59 Å². The zero-order valence-electron chi connectivity index (χ0n) is 19.1. The highest BCUT2D eigenvalue weighted by atomic mass is 32.1. The monoisotopic (exact) mass is 511 g/mol. The number of hydrogen-bond donors (Lipinski definition) is 1. The van der Waals surface area contributed by atoms with E-state index < -0.39 is 66.8 Å². The van der Waals surface area contributed by atoms with Gasteiger partial charge in [-0.3, -0.25) is 18.7 Å². The molecule has 190 valence electrons. The number of carbonyl (C=O) groups is 1. The normalized spacial score (nSPS) is 16.6. The van der Waals surface area contributed by atoms with Crippen molar-refractivity contribution < 1.29 is 31.5 Å². The van der Waals surface area contributed by atoms with Gasteiger partial charge in [0.05, 0.1) is 24.4 Å². The van der Waals surface area contributed by atoms with E-state index in [0.29, 0.717) is 15.0 Å². The van der Waals surface area contributed by atoms with E-state index in [1.165, 1.54) is 0 Å². The van der Waals surface area contributed by atoms with Gasteiger partial charge in [0.15, 0.2) is 0 Å². The van der Waals surface area contributed by atoms with E-state index in [9.17, 15) is 36.3 Å². The minimum absolute atomic E-state index is 0.0241. The molecule has 1 aliphatic carbocycles. The molecule has 34 heavy (non-hydrogen) atoms. The molecular formula is C21H26F5N3O4S. The third-order valence-corrected chi connectivity index (χ3v) is 6.68. The van der Waals surface area contributed by atoms with Crippen molar-refractivity contribution in [3.8, 4) is 0 Å². The number of fused-ring (bicyclic) bond motifs is 1. The molecular weight excluding hydrogens is 485 g/mol.